The highest BCUT2D eigenvalue weighted by molar-refractivity contribution is 5.59. The van der Waals surface area contributed by atoms with Crippen molar-refractivity contribution in [3.05, 3.63) is 41.7 Å². The van der Waals surface area contributed by atoms with Crippen LogP contribution in [-0.2, 0) is 0 Å². The molecule has 6 heteroatoms. The SMILES string of the molecule is CCC(C)Nc1cc(Nc2ccc(F)c(F)c2)nc(C)n1. The summed E-state index contributed by atoms with van der Waals surface area (Å²) in [6, 6.07) is 5.65. The number of halogens is 2. The fourth-order valence-corrected chi connectivity index (χ4v) is 1.78. The maximum absolute atomic E-state index is 13.2. The van der Waals surface area contributed by atoms with Crippen LogP contribution in [0.5, 0.6) is 0 Å². The van der Waals surface area contributed by atoms with E-state index in [1.807, 2.05) is 0 Å². The summed E-state index contributed by atoms with van der Waals surface area (Å²) in [6.45, 7) is 5.91. The van der Waals surface area contributed by atoms with Crippen molar-refractivity contribution in [1.82, 2.24) is 9.97 Å². The maximum Gasteiger partial charge on any atom is 0.160 e. The molecule has 21 heavy (non-hydrogen) atoms. The van der Waals surface area contributed by atoms with Gasteiger partial charge in [-0.05, 0) is 32.4 Å². The first-order valence-electron chi connectivity index (χ1n) is 6.82. The van der Waals surface area contributed by atoms with Crippen molar-refractivity contribution >= 4 is 17.3 Å². The summed E-state index contributed by atoms with van der Waals surface area (Å²) in [5.74, 6) is 0.0388. The van der Waals surface area contributed by atoms with E-state index in [1.54, 1.807) is 13.0 Å². The van der Waals surface area contributed by atoms with E-state index in [2.05, 4.69) is 34.4 Å². The lowest BCUT2D eigenvalue weighted by atomic mass is 10.2. The Balaban J connectivity index is 2.21. The zero-order valence-electron chi connectivity index (χ0n) is 12.2. The molecule has 2 rings (SSSR count). The lowest BCUT2D eigenvalue weighted by Gasteiger charge is -2.14. The van der Waals surface area contributed by atoms with Crippen molar-refractivity contribution in [1.29, 1.82) is 0 Å². The molecular weight excluding hydrogens is 274 g/mol. The fourth-order valence-electron chi connectivity index (χ4n) is 1.78. The van der Waals surface area contributed by atoms with Gasteiger partial charge in [-0.25, -0.2) is 18.7 Å². The molecule has 0 amide bonds. The van der Waals surface area contributed by atoms with E-state index < -0.39 is 11.6 Å². The molecule has 1 unspecified atom stereocenters. The summed E-state index contributed by atoms with van der Waals surface area (Å²) in [6.07, 6.45) is 0.967. The van der Waals surface area contributed by atoms with Crippen LogP contribution in [0.2, 0.25) is 0 Å². The highest BCUT2D eigenvalue weighted by Gasteiger charge is 2.07. The van der Waals surface area contributed by atoms with Crippen molar-refractivity contribution in [2.45, 2.75) is 33.2 Å². The highest BCUT2D eigenvalue weighted by atomic mass is 19.2. The molecule has 0 saturated heterocycles. The summed E-state index contributed by atoms with van der Waals surface area (Å²) in [4.78, 5) is 8.53. The molecular formula is C15H18F2N4. The third kappa shape index (κ3) is 4.11. The zero-order valence-corrected chi connectivity index (χ0v) is 12.2. The van der Waals surface area contributed by atoms with Gasteiger partial charge in [0.1, 0.15) is 17.5 Å². The summed E-state index contributed by atoms with van der Waals surface area (Å²) >= 11 is 0. The first kappa shape index (κ1) is 15.2. The number of nitrogens with zero attached hydrogens (tertiary/aromatic N) is 2. The standard InChI is InChI=1S/C15H18F2N4/c1-4-9(2)18-14-8-15(20-10(3)19-14)21-11-5-6-12(16)13(17)7-11/h5-9H,4H2,1-3H3,(H2,18,19,20,21). The highest BCUT2D eigenvalue weighted by Crippen LogP contribution is 2.20. The van der Waals surface area contributed by atoms with Crippen LogP contribution in [-0.4, -0.2) is 16.0 Å². The van der Waals surface area contributed by atoms with Crippen LogP contribution in [0.3, 0.4) is 0 Å². The predicted octanol–water partition coefficient (Wildman–Crippen LogP) is 4.02. The summed E-state index contributed by atoms with van der Waals surface area (Å²) < 4.78 is 26.1. The van der Waals surface area contributed by atoms with E-state index in [0.717, 1.165) is 18.6 Å². The number of rotatable bonds is 5. The molecule has 2 aromatic rings. The summed E-state index contributed by atoms with van der Waals surface area (Å²) in [5, 5.41) is 6.20. The average molecular weight is 292 g/mol. The normalized spacial score (nSPS) is 12.0. The van der Waals surface area contributed by atoms with Crippen LogP contribution in [0.25, 0.3) is 0 Å². The van der Waals surface area contributed by atoms with E-state index in [4.69, 9.17) is 0 Å². The second-order valence-corrected chi connectivity index (χ2v) is 4.89. The van der Waals surface area contributed by atoms with Crippen molar-refractivity contribution in [3.63, 3.8) is 0 Å². The minimum Gasteiger partial charge on any atom is -0.367 e. The van der Waals surface area contributed by atoms with E-state index in [9.17, 15) is 8.78 Å². The van der Waals surface area contributed by atoms with Gasteiger partial charge in [-0.3, -0.25) is 0 Å². The summed E-state index contributed by atoms with van der Waals surface area (Å²) in [7, 11) is 0. The monoisotopic (exact) mass is 292 g/mol. The van der Waals surface area contributed by atoms with Crippen molar-refractivity contribution in [2.75, 3.05) is 10.6 Å². The Kier molecular flexibility index (Phi) is 4.67. The minimum atomic E-state index is -0.899. The van der Waals surface area contributed by atoms with Gasteiger partial charge in [-0.15, -0.1) is 0 Å². The topological polar surface area (TPSA) is 49.8 Å². The number of aryl methyl sites for hydroxylation is 1. The van der Waals surface area contributed by atoms with Gasteiger partial charge < -0.3 is 10.6 Å². The van der Waals surface area contributed by atoms with E-state index in [0.29, 0.717) is 23.1 Å². The van der Waals surface area contributed by atoms with E-state index >= 15 is 0 Å². The molecule has 0 aliphatic heterocycles. The van der Waals surface area contributed by atoms with Crippen molar-refractivity contribution in [3.8, 4) is 0 Å². The Labute approximate surface area is 122 Å². The van der Waals surface area contributed by atoms with Gasteiger partial charge in [0, 0.05) is 23.9 Å². The molecule has 4 nitrogen and oxygen atoms in total. The van der Waals surface area contributed by atoms with Gasteiger partial charge >= 0.3 is 0 Å². The van der Waals surface area contributed by atoms with Crippen LogP contribution in [0, 0.1) is 18.6 Å². The average Bonchev–Trinajstić information content (AvgIpc) is 2.42. The summed E-state index contributed by atoms with van der Waals surface area (Å²) in [5.41, 5.74) is 0.432. The first-order valence-corrected chi connectivity index (χ1v) is 6.82. The van der Waals surface area contributed by atoms with Crippen LogP contribution in [0.15, 0.2) is 24.3 Å². The van der Waals surface area contributed by atoms with Gasteiger partial charge in [0.15, 0.2) is 11.6 Å². The molecule has 112 valence electrons. The Hall–Kier alpha value is -2.24. The maximum atomic E-state index is 13.2. The number of anilines is 3. The second-order valence-electron chi connectivity index (χ2n) is 4.89. The van der Waals surface area contributed by atoms with E-state index in [1.165, 1.54) is 6.07 Å². The molecule has 0 saturated carbocycles. The Morgan fingerprint density at radius 1 is 1.10 bits per heavy atom. The number of hydrogen-bond donors (Lipinski definition) is 2. The Morgan fingerprint density at radius 2 is 1.81 bits per heavy atom. The van der Waals surface area contributed by atoms with Crippen molar-refractivity contribution in [2.24, 2.45) is 0 Å². The molecule has 0 bridgehead atoms. The van der Waals surface area contributed by atoms with Gasteiger partial charge in [0.05, 0.1) is 0 Å². The largest absolute Gasteiger partial charge is 0.367 e. The molecule has 0 radical (unpaired) electrons. The number of benzene rings is 1. The smallest absolute Gasteiger partial charge is 0.160 e. The molecule has 1 aromatic carbocycles. The fraction of sp³-hybridized carbons (Fsp3) is 0.333. The quantitative estimate of drug-likeness (QED) is 0.874. The lowest BCUT2D eigenvalue weighted by Crippen LogP contribution is -2.15. The van der Waals surface area contributed by atoms with Gasteiger partial charge in [-0.1, -0.05) is 6.92 Å². The third-order valence-corrected chi connectivity index (χ3v) is 3.04. The lowest BCUT2D eigenvalue weighted by molar-refractivity contribution is 0.509. The zero-order chi connectivity index (χ0) is 15.4. The Morgan fingerprint density at radius 3 is 2.48 bits per heavy atom. The molecule has 0 aliphatic rings. The molecule has 1 aromatic heterocycles. The predicted molar refractivity (Wildman–Crippen MR) is 79.8 cm³/mol. The second kappa shape index (κ2) is 6.47. The molecule has 1 heterocycles. The molecule has 2 N–H and O–H groups in total. The number of hydrogen-bond acceptors (Lipinski definition) is 4. The molecule has 0 spiro atoms. The van der Waals surface area contributed by atoms with E-state index in [-0.39, 0.29) is 6.04 Å². The number of nitrogens with one attached hydrogen (secondary N) is 2. The third-order valence-electron chi connectivity index (χ3n) is 3.04. The van der Waals surface area contributed by atoms with Crippen LogP contribution in [0.1, 0.15) is 26.1 Å². The van der Waals surface area contributed by atoms with Crippen LogP contribution < -0.4 is 10.6 Å². The van der Waals surface area contributed by atoms with Gasteiger partial charge in [0.2, 0.25) is 0 Å². The molecule has 1 atom stereocenters. The van der Waals surface area contributed by atoms with Gasteiger partial charge in [-0.2, -0.15) is 0 Å². The van der Waals surface area contributed by atoms with Crippen LogP contribution in [0.4, 0.5) is 26.1 Å². The Bertz CT molecular complexity index is 631. The first-order chi connectivity index (χ1) is 9.97. The van der Waals surface area contributed by atoms with Crippen molar-refractivity contribution < 1.29 is 8.78 Å². The number of aromatic nitrogens is 2. The minimum absolute atomic E-state index is 0.287. The molecule has 0 aliphatic carbocycles. The van der Waals surface area contributed by atoms with Crippen LogP contribution >= 0.6 is 0 Å². The molecule has 0 fully saturated rings. The van der Waals surface area contributed by atoms with Gasteiger partial charge in [0.25, 0.3) is 0 Å².